The van der Waals surface area contributed by atoms with Gasteiger partial charge in [-0.25, -0.2) is 9.59 Å². The molecule has 0 bridgehead atoms. The summed E-state index contributed by atoms with van der Waals surface area (Å²) >= 11 is 0. The molecule has 0 radical (unpaired) electrons. The standard InChI is InChI=1S/C18H22N2O2.2C2HF3O2/c1-21-17-9-8-16-18(17)22-11-10-20(16)12-14-7-6-13-4-2-3-5-15(13)19-14;2*3-2(4,5)1(6)7/h2-7,16-18H,8-12H2,1H3;2*(H,6,7)/t16-,17+,18+;;/m0../s1. The highest BCUT2D eigenvalue weighted by atomic mass is 19.4. The van der Waals surface area contributed by atoms with Gasteiger partial charge in [-0.15, -0.1) is 0 Å². The molecule has 1 saturated carbocycles. The van der Waals surface area contributed by atoms with E-state index >= 15 is 0 Å². The van der Waals surface area contributed by atoms with Crippen LogP contribution in [-0.4, -0.2) is 82.9 Å². The number of fused-ring (bicyclic) bond motifs is 2. The van der Waals surface area contributed by atoms with Crippen molar-refractivity contribution >= 4 is 22.8 Å². The maximum absolute atomic E-state index is 10.6. The van der Waals surface area contributed by atoms with Gasteiger partial charge in [-0.1, -0.05) is 24.3 Å². The van der Waals surface area contributed by atoms with Crippen LogP contribution < -0.4 is 0 Å². The second-order valence-electron chi connectivity index (χ2n) is 7.83. The number of halogens is 6. The van der Waals surface area contributed by atoms with E-state index in [-0.39, 0.29) is 12.2 Å². The van der Waals surface area contributed by atoms with E-state index in [4.69, 9.17) is 34.3 Å². The highest BCUT2D eigenvalue weighted by Gasteiger charge is 2.43. The van der Waals surface area contributed by atoms with E-state index in [1.165, 1.54) is 5.39 Å². The first-order valence-corrected chi connectivity index (χ1v) is 10.6. The number of ether oxygens (including phenoxy) is 2. The van der Waals surface area contributed by atoms with E-state index in [9.17, 15) is 26.3 Å². The summed E-state index contributed by atoms with van der Waals surface area (Å²) in [6.07, 6.45) is -7.46. The lowest BCUT2D eigenvalue weighted by atomic mass is 10.1. The third-order valence-corrected chi connectivity index (χ3v) is 5.46. The second-order valence-corrected chi connectivity index (χ2v) is 7.83. The zero-order valence-electron chi connectivity index (χ0n) is 18.9. The molecule has 1 aromatic carbocycles. The Morgan fingerprint density at radius 2 is 1.61 bits per heavy atom. The third-order valence-electron chi connectivity index (χ3n) is 5.46. The SMILES string of the molecule is CO[C@@H]1CC[C@H]2[C@H]1OCCN2Cc1ccc2ccccc2n1.O=C(O)C(F)(F)F.O=C(O)C(F)(F)F. The summed E-state index contributed by atoms with van der Waals surface area (Å²) in [7, 11) is 1.79. The van der Waals surface area contributed by atoms with Gasteiger partial charge >= 0.3 is 24.3 Å². The van der Waals surface area contributed by atoms with Crippen molar-refractivity contribution in [3.8, 4) is 0 Å². The van der Waals surface area contributed by atoms with Gasteiger partial charge in [0, 0.05) is 31.6 Å². The van der Waals surface area contributed by atoms with Crippen LogP contribution in [0.3, 0.4) is 0 Å². The molecule has 0 unspecified atom stereocenters. The lowest BCUT2D eigenvalue weighted by molar-refractivity contribution is -0.193. The Labute approximate surface area is 201 Å². The van der Waals surface area contributed by atoms with Gasteiger partial charge in [0.05, 0.1) is 30.0 Å². The molecule has 2 aromatic rings. The molecule has 0 spiro atoms. The molecule has 3 atom stereocenters. The maximum Gasteiger partial charge on any atom is 0.490 e. The van der Waals surface area contributed by atoms with Crippen LogP contribution in [0, 0.1) is 0 Å². The van der Waals surface area contributed by atoms with E-state index in [0.717, 1.165) is 43.7 Å². The van der Waals surface area contributed by atoms with E-state index < -0.39 is 24.3 Å². The molecule has 2 heterocycles. The number of methoxy groups -OCH3 is 1. The number of nitrogens with zero attached hydrogens (tertiary/aromatic N) is 2. The van der Waals surface area contributed by atoms with Crippen molar-refractivity contribution in [1.29, 1.82) is 0 Å². The molecule has 1 aliphatic heterocycles. The van der Waals surface area contributed by atoms with E-state index in [0.29, 0.717) is 6.04 Å². The Bertz CT molecular complexity index is 1010. The van der Waals surface area contributed by atoms with Gasteiger partial charge in [0.1, 0.15) is 0 Å². The van der Waals surface area contributed by atoms with Gasteiger partial charge in [-0.2, -0.15) is 26.3 Å². The van der Waals surface area contributed by atoms with Crippen LogP contribution in [0.5, 0.6) is 0 Å². The van der Waals surface area contributed by atoms with Crippen LogP contribution in [0.1, 0.15) is 18.5 Å². The molecule has 1 saturated heterocycles. The summed E-state index contributed by atoms with van der Waals surface area (Å²) in [6.45, 7) is 2.66. The Morgan fingerprint density at radius 3 is 2.17 bits per heavy atom. The lowest BCUT2D eigenvalue weighted by Gasteiger charge is -2.38. The molecule has 36 heavy (non-hydrogen) atoms. The molecule has 2 fully saturated rings. The highest BCUT2D eigenvalue weighted by molar-refractivity contribution is 5.78. The van der Waals surface area contributed by atoms with Crippen molar-refractivity contribution in [2.45, 2.75) is 50.0 Å². The fourth-order valence-electron chi connectivity index (χ4n) is 3.84. The molecule has 8 nitrogen and oxygen atoms in total. The first kappa shape index (κ1) is 29.3. The number of pyridine rings is 1. The Kier molecular flexibility index (Phi) is 10.0. The number of para-hydroxylation sites is 1. The quantitative estimate of drug-likeness (QED) is 0.581. The molecule has 0 amide bonds. The van der Waals surface area contributed by atoms with Crippen molar-refractivity contribution in [1.82, 2.24) is 9.88 Å². The number of benzene rings is 1. The normalized spacial score (nSPS) is 22.0. The van der Waals surface area contributed by atoms with Crippen LogP contribution in [0.4, 0.5) is 26.3 Å². The first-order valence-electron chi connectivity index (χ1n) is 10.6. The lowest BCUT2D eigenvalue weighted by Crippen LogP contribution is -2.51. The minimum atomic E-state index is -5.08. The fraction of sp³-hybridized carbons (Fsp3) is 0.500. The average molecular weight is 526 g/mol. The summed E-state index contributed by atoms with van der Waals surface area (Å²) in [5.74, 6) is -5.51. The summed E-state index contributed by atoms with van der Waals surface area (Å²) in [6, 6.07) is 13.1. The number of morpholine rings is 1. The topological polar surface area (TPSA) is 109 Å². The van der Waals surface area contributed by atoms with Crippen molar-refractivity contribution in [3.63, 3.8) is 0 Å². The molecule has 4 rings (SSSR count). The van der Waals surface area contributed by atoms with Gasteiger partial charge in [0.15, 0.2) is 0 Å². The summed E-state index contributed by atoms with van der Waals surface area (Å²) in [5, 5.41) is 15.5. The number of aromatic nitrogens is 1. The number of carboxylic acid groups (broad SMARTS) is 2. The van der Waals surface area contributed by atoms with Crippen LogP contribution in [0.2, 0.25) is 0 Å². The second kappa shape index (κ2) is 12.3. The minimum absolute atomic E-state index is 0.221. The van der Waals surface area contributed by atoms with Gasteiger partial charge in [-0.05, 0) is 25.0 Å². The zero-order valence-corrected chi connectivity index (χ0v) is 18.9. The first-order chi connectivity index (χ1) is 16.7. The highest BCUT2D eigenvalue weighted by Crippen LogP contribution is 2.32. The zero-order chi connectivity index (χ0) is 27.1. The van der Waals surface area contributed by atoms with E-state index in [1.807, 2.05) is 6.07 Å². The Hall–Kier alpha value is -2.97. The smallest absolute Gasteiger partial charge is 0.475 e. The van der Waals surface area contributed by atoms with Gasteiger partial charge in [0.2, 0.25) is 0 Å². The summed E-state index contributed by atoms with van der Waals surface area (Å²) in [5.41, 5.74) is 2.21. The molecule has 1 aliphatic carbocycles. The predicted octanol–water partition coefficient (Wildman–Crippen LogP) is 3.88. The molecule has 2 N–H and O–H groups in total. The molecular formula is C22H24F6N2O6. The van der Waals surface area contributed by atoms with Crippen molar-refractivity contribution < 1.29 is 55.6 Å². The molecular weight excluding hydrogens is 502 g/mol. The Morgan fingerprint density at radius 1 is 1.03 bits per heavy atom. The van der Waals surface area contributed by atoms with Crippen LogP contribution in [-0.2, 0) is 25.6 Å². The van der Waals surface area contributed by atoms with Gasteiger partial charge < -0.3 is 19.7 Å². The van der Waals surface area contributed by atoms with Crippen molar-refractivity contribution in [2.24, 2.45) is 0 Å². The van der Waals surface area contributed by atoms with Crippen LogP contribution in [0.25, 0.3) is 10.9 Å². The monoisotopic (exact) mass is 526 g/mol. The van der Waals surface area contributed by atoms with Gasteiger partial charge in [0.25, 0.3) is 0 Å². The number of rotatable bonds is 3. The average Bonchev–Trinajstić information content (AvgIpc) is 3.23. The number of aliphatic carboxylic acids is 2. The number of hydrogen-bond acceptors (Lipinski definition) is 6. The van der Waals surface area contributed by atoms with Gasteiger partial charge in [-0.3, -0.25) is 9.88 Å². The molecule has 1 aromatic heterocycles. The molecule has 200 valence electrons. The maximum atomic E-state index is 10.6. The predicted molar refractivity (Wildman–Crippen MR) is 113 cm³/mol. The summed E-state index contributed by atoms with van der Waals surface area (Å²) in [4.78, 5) is 25.1. The van der Waals surface area contributed by atoms with Crippen molar-refractivity contribution in [2.75, 3.05) is 20.3 Å². The van der Waals surface area contributed by atoms with E-state index in [2.05, 4.69) is 35.2 Å². The van der Waals surface area contributed by atoms with Crippen LogP contribution >= 0.6 is 0 Å². The number of carbonyl (C=O) groups is 2. The molecule has 14 heteroatoms. The largest absolute Gasteiger partial charge is 0.490 e. The Balaban J connectivity index is 0.000000271. The summed E-state index contributed by atoms with van der Waals surface area (Å²) < 4.78 is 75.0. The number of alkyl halides is 6. The fourth-order valence-corrected chi connectivity index (χ4v) is 3.84. The van der Waals surface area contributed by atoms with E-state index in [1.54, 1.807) is 7.11 Å². The van der Waals surface area contributed by atoms with Crippen LogP contribution in [0.15, 0.2) is 36.4 Å². The number of hydrogen-bond donors (Lipinski definition) is 2. The third kappa shape index (κ3) is 8.31. The minimum Gasteiger partial charge on any atom is -0.475 e. The number of carboxylic acids is 2. The van der Waals surface area contributed by atoms with Crippen molar-refractivity contribution in [3.05, 3.63) is 42.1 Å². The molecule has 2 aliphatic rings.